The average Bonchev–Trinajstić information content (AvgIpc) is 3.05. The van der Waals surface area contributed by atoms with Crippen LogP contribution in [0.15, 0.2) is 27.6 Å². The normalized spacial score (nSPS) is 14.8. The smallest absolute Gasteiger partial charge is 0.291 e. The number of amides is 1. The highest BCUT2D eigenvalue weighted by Crippen LogP contribution is 2.20. The molecule has 3 aromatic rings. The summed E-state index contributed by atoms with van der Waals surface area (Å²) in [5, 5.41) is 7.23. The number of rotatable bonds is 4. The number of nitrogens with zero attached hydrogens (tertiary/aromatic N) is 3. The Bertz CT molecular complexity index is 929. The SMILES string of the molecule is CCc1nn(CC(=O)NC2CC2)c(=O)c2cc3occc3n12. The van der Waals surface area contributed by atoms with Gasteiger partial charge in [0.2, 0.25) is 5.91 Å². The lowest BCUT2D eigenvalue weighted by molar-refractivity contribution is -0.122. The van der Waals surface area contributed by atoms with Gasteiger partial charge in [-0.05, 0) is 12.8 Å². The summed E-state index contributed by atoms with van der Waals surface area (Å²) in [7, 11) is 0. The van der Waals surface area contributed by atoms with Crippen molar-refractivity contribution in [3.63, 3.8) is 0 Å². The summed E-state index contributed by atoms with van der Waals surface area (Å²) in [5.74, 6) is 0.559. The van der Waals surface area contributed by atoms with Crippen LogP contribution >= 0.6 is 0 Å². The Morgan fingerprint density at radius 2 is 2.27 bits per heavy atom. The molecule has 1 aliphatic carbocycles. The lowest BCUT2D eigenvalue weighted by atomic mass is 10.4. The molecule has 0 aliphatic heterocycles. The minimum atomic E-state index is -0.283. The van der Waals surface area contributed by atoms with Crippen molar-refractivity contribution in [3.8, 4) is 0 Å². The Balaban J connectivity index is 1.83. The van der Waals surface area contributed by atoms with Gasteiger partial charge in [-0.3, -0.25) is 14.0 Å². The molecule has 0 saturated heterocycles. The largest absolute Gasteiger partial charge is 0.463 e. The van der Waals surface area contributed by atoms with Gasteiger partial charge in [0.1, 0.15) is 17.9 Å². The van der Waals surface area contributed by atoms with Gasteiger partial charge in [0.05, 0.1) is 11.8 Å². The summed E-state index contributed by atoms with van der Waals surface area (Å²) in [6.45, 7) is 1.91. The Kier molecular flexibility index (Phi) is 2.82. The van der Waals surface area contributed by atoms with Gasteiger partial charge in [-0.25, -0.2) is 4.68 Å². The van der Waals surface area contributed by atoms with Crippen LogP contribution in [-0.2, 0) is 17.8 Å². The van der Waals surface area contributed by atoms with Crippen molar-refractivity contribution >= 4 is 22.5 Å². The third kappa shape index (κ3) is 2.01. The second-order valence-electron chi connectivity index (χ2n) is 5.61. The standard InChI is InChI=1S/C15H16N4O3/c1-2-13-17-18(8-14(20)16-9-3-4-9)15(21)11-7-12-10(19(11)13)5-6-22-12/h5-7,9H,2-4,8H2,1H3,(H,16,20). The number of hydrogen-bond donors (Lipinski definition) is 1. The molecule has 1 amide bonds. The summed E-state index contributed by atoms with van der Waals surface area (Å²) in [4.78, 5) is 24.5. The number of fused-ring (bicyclic) bond motifs is 3. The van der Waals surface area contributed by atoms with Gasteiger partial charge in [0, 0.05) is 24.6 Å². The molecule has 7 nitrogen and oxygen atoms in total. The van der Waals surface area contributed by atoms with Crippen LogP contribution in [0.2, 0.25) is 0 Å². The van der Waals surface area contributed by atoms with Gasteiger partial charge in [-0.1, -0.05) is 6.92 Å². The summed E-state index contributed by atoms with van der Waals surface area (Å²) in [6, 6.07) is 3.79. The first kappa shape index (κ1) is 13.1. The van der Waals surface area contributed by atoms with Crippen molar-refractivity contribution in [2.24, 2.45) is 0 Å². The van der Waals surface area contributed by atoms with E-state index in [9.17, 15) is 9.59 Å². The Hall–Kier alpha value is -2.57. The van der Waals surface area contributed by atoms with Crippen molar-refractivity contribution in [2.45, 2.75) is 38.8 Å². The minimum Gasteiger partial charge on any atom is -0.463 e. The monoisotopic (exact) mass is 300 g/mol. The maximum Gasteiger partial charge on any atom is 0.291 e. The number of carbonyl (C=O) groups excluding carboxylic acids is 1. The van der Waals surface area contributed by atoms with E-state index in [4.69, 9.17) is 4.42 Å². The van der Waals surface area contributed by atoms with Gasteiger partial charge < -0.3 is 9.73 Å². The fraction of sp³-hybridized carbons (Fsp3) is 0.400. The van der Waals surface area contributed by atoms with Gasteiger partial charge in [0.25, 0.3) is 5.56 Å². The molecule has 0 spiro atoms. The zero-order valence-corrected chi connectivity index (χ0v) is 12.2. The first-order valence-corrected chi connectivity index (χ1v) is 7.45. The fourth-order valence-corrected chi connectivity index (χ4v) is 2.70. The first-order chi connectivity index (χ1) is 10.7. The van der Waals surface area contributed by atoms with Gasteiger partial charge in [-0.2, -0.15) is 5.10 Å². The zero-order valence-electron chi connectivity index (χ0n) is 12.2. The molecule has 1 N–H and O–H groups in total. The molecule has 0 bridgehead atoms. The number of furan rings is 1. The molecule has 1 fully saturated rings. The first-order valence-electron chi connectivity index (χ1n) is 7.45. The maximum atomic E-state index is 12.6. The highest BCUT2D eigenvalue weighted by Gasteiger charge is 2.24. The summed E-state index contributed by atoms with van der Waals surface area (Å²) in [5.41, 5.74) is 1.68. The van der Waals surface area contributed by atoms with Crippen molar-refractivity contribution in [2.75, 3.05) is 0 Å². The lowest BCUT2D eigenvalue weighted by Crippen LogP contribution is -2.36. The van der Waals surface area contributed by atoms with Crippen LogP contribution in [-0.4, -0.2) is 26.1 Å². The summed E-state index contributed by atoms with van der Waals surface area (Å²) >= 11 is 0. The highest BCUT2D eigenvalue weighted by atomic mass is 16.3. The minimum absolute atomic E-state index is 0.0502. The number of nitrogens with one attached hydrogen (secondary N) is 1. The predicted octanol–water partition coefficient (Wildman–Crippen LogP) is 1.08. The molecule has 114 valence electrons. The molecular weight excluding hydrogens is 284 g/mol. The Morgan fingerprint density at radius 3 is 3.00 bits per heavy atom. The molecular formula is C15H16N4O3. The van der Waals surface area contributed by atoms with Crippen molar-refractivity contribution in [3.05, 3.63) is 34.6 Å². The number of aryl methyl sites for hydroxylation is 1. The van der Waals surface area contributed by atoms with Crippen LogP contribution < -0.4 is 10.9 Å². The Labute approximate surface area is 125 Å². The predicted molar refractivity (Wildman–Crippen MR) is 79.8 cm³/mol. The lowest BCUT2D eigenvalue weighted by Gasteiger charge is -2.09. The molecule has 0 aromatic carbocycles. The summed E-state index contributed by atoms with van der Waals surface area (Å²) in [6.07, 6.45) is 4.27. The van der Waals surface area contributed by atoms with E-state index in [2.05, 4.69) is 10.4 Å². The molecule has 1 aliphatic rings. The summed E-state index contributed by atoms with van der Waals surface area (Å²) < 4.78 is 8.41. The van der Waals surface area contributed by atoms with E-state index >= 15 is 0 Å². The molecule has 7 heteroatoms. The third-order valence-corrected chi connectivity index (χ3v) is 3.92. The van der Waals surface area contributed by atoms with Crippen LogP contribution in [0.5, 0.6) is 0 Å². The second kappa shape index (κ2) is 4.72. The number of aromatic nitrogens is 3. The highest BCUT2D eigenvalue weighted by molar-refractivity contribution is 5.82. The van der Waals surface area contributed by atoms with E-state index in [1.54, 1.807) is 16.7 Å². The quantitative estimate of drug-likeness (QED) is 0.782. The van der Waals surface area contributed by atoms with E-state index < -0.39 is 0 Å². The van der Waals surface area contributed by atoms with Crippen molar-refractivity contribution in [1.29, 1.82) is 0 Å². The van der Waals surface area contributed by atoms with Crippen LogP contribution in [0.25, 0.3) is 16.6 Å². The third-order valence-electron chi connectivity index (χ3n) is 3.92. The van der Waals surface area contributed by atoms with E-state index in [1.807, 2.05) is 13.0 Å². The molecule has 4 rings (SSSR count). The molecule has 3 heterocycles. The van der Waals surface area contributed by atoms with Gasteiger partial charge >= 0.3 is 0 Å². The second-order valence-corrected chi connectivity index (χ2v) is 5.61. The van der Waals surface area contributed by atoms with Crippen LogP contribution in [0.1, 0.15) is 25.6 Å². The topological polar surface area (TPSA) is 81.5 Å². The molecule has 0 atom stereocenters. The van der Waals surface area contributed by atoms with E-state index in [0.717, 1.165) is 24.2 Å². The maximum absolute atomic E-state index is 12.6. The van der Waals surface area contributed by atoms with E-state index in [1.165, 1.54) is 4.68 Å². The van der Waals surface area contributed by atoms with Crippen molar-refractivity contribution < 1.29 is 9.21 Å². The van der Waals surface area contributed by atoms with E-state index in [-0.39, 0.29) is 24.1 Å². The van der Waals surface area contributed by atoms with Gasteiger partial charge in [0.15, 0.2) is 5.58 Å². The Morgan fingerprint density at radius 1 is 1.45 bits per heavy atom. The van der Waals surface area contributed by atoms with Crippen LogP contribution in [0.3, 0.4) is 0 Å². The molecule has 0 radical (unpaired) electrons. The van der Waals surface area contributed by atoms with E-state index in [0.29, 0.717) is 17.5 Å². The molecule has 22 heavy (non-hydrogen) atoms. The van der Waals surface area contributed by atoms with Crippen molar-refractivity contribution in [1.82, 2.24) is 19.5 Å². The van der Waals surface area contributed by atoms with Gasteiger partial charge in [-0.15, -0.1) is 0 Å². The van der Waals surface area contributed by atoms with Crippen LogP contribution in [0, 0.1) is 0 Å². The fourth-order valence-electron chi connectivity index (χ4n) is 2.70. The average molecular weight is 300 g/mol. The number of hydrogen-bond acceptors (Lipinski definition) is 4. The van der Waals surface area contributed by atoms with Crippen LogP contribution in [0.4, 0.5) is 0 Å². The zero-order chi connectivity index (χ0) is 15.3. The molecule has 3 aromatic heterocycles. The molecule has 0 unspecified atom stereocenters. The number of carbonyl (C=O) groups is 1. The molecule has 1 saturated carbocycles.